The maximum atomic E-state index is 14.7. The molecular weight excluding hydrogens is 427 g/mol. The number of halogens is 2. The zero-order valence-corrected chi connectivity index (χ0v) is 17.2. The first-order valence-electron chi connectivity index (χ1n) is 8.97. The second-order valence-corrected chi connectivity index (χ2v) is 7.98. The molecule has 7 nitrogen and oxygen atoms in total. The van der Waals surface area contributed by atoms with E-state index in [9.17, 15) is 9.18 Å². The number of hydrogen-bond acceptors (Lipinski definition) is 6. The summed E-state index contributed by atoms with van der Waals surface area (Å²) in [6, 6.07) is 7.72. The van der Waals surface area contributed by atoms with Gasteiger partial charge in [-0.15, -0.1) is 11.3 Å². The van der Waals surface area contributed by atoms with Gasteiger partial charge in [-0.2, -0.15) is 5.10 Å². The van der Waals surface area contributed by atoms with Crippen molar-refractivity contribution < 1.29 is 4.39 Å². The van der Waals surface area contributed by atoms with Gasteiger partial charge in [0.2, 0.25) is 0 Å². The Kier molecular flexibility index (Phi) is 4.30. The van der Waals surface area contributed by atoms with E-state index in [1.807, 2.05) is 12.3 Å². The van der Waals surface area contributed by atoms with Crippen molar-refractivity contribution in [1.29, 1.82) is 0 Å². The van der Waals surface area contributed by atoms with Crippen molar-refractivity contribution in [2.75, 3.05) is 5.73 Å². The first-order chi connectivity index (χ1) is 14.5. The number of aryl methyl sites for hydroxylation is 1. The van der Waals surface area contributed by atoms with Crippen LogP contribution in [-0.4, -0.2) is 24.3 Å². The molecule has 2 N–H and O–H groups in total. The number of anilines is 1. The summed E-state index contributed by atoms with van der Waals surface area (Å²) >= 11 is 7.62. The number of aromatic nitrogens is 5. The first kappa shape index (κ1) is 18.7. The molecule has 10 heteroatoms. The van der Waals surface area contributed by atoms with Crippen LogP contribution in [0.25, 0.3) is 26.9 Å². The molecule has 30 heavy (non-hydrogen) atoms. The molecule has 150 valence electrons. The number of fused-ring (bicyclic) bond motifs is 2. The maximum absolute atomic E-state index is 14.7. The van der Waals surface area contributed by atoms with Gasteiger partial charge in [-0.25, -0.2) is 19.0 Å². The number of pyridine rings is 1. The zero-order valence-electron chi connectivity index (χ0n) is 15.6. The van der Waals surface area contributed by atoms with Crippen molar-refractivity contribution >= 4 is 49.9 Å². The fraction of sp³-hybridized carbons (Fsp3) is 0.100. The summed E-state index contributed by atoms with van der Waals surface area (Å²) in [5, 5.41) is 7.36. The Morgan fingerprint density at radius 3 is 2.83 bits per heavy atom. The smallest absolute Gasteiger partial charge is 0.267 e. The molecule has 0 saturated heterocycles. The third kappa shape index (κ3) is 2.78. The molecular formula is C20H14ClFN6OS. The van der Waals surface area contributed by atoms with E-state index >= 15 is 0 Å². The van der Waals surface area contributed by atoms with Crippen molar-refractivity contribution in [3.63, 3.8) is 0 Å². The lowest BCUT2D eigenvalue weighted by Crippen LogP contribution is -2.26. The van der Waals surface area contributed by atoms with Crippen LogP contribution in [-0.2, 0) is 6.54 Å². The topological polar surface area (TPSA) is 91.6 Å². The van der Waals surface area contributed by atoms with Crippen LogP contribution in [0.3, 0.4) is 0 Å². The van der Waals surface area contributed by atoms with Crippen molar-refractivity contribution in [3.8, 4) is 5.69 Å². The SMILES string of the molecule is Cc1csc2nc(Cn3nc(Cl)c4c(N)ccnc43)n(-c3ccccc3F)c(=O)c12. The minimum absolute atomic E-state index is 0.0517. The normalized spacial score (nSPS) is 11.6. The Morgan fingerprint density at radius 1 is 1.23 bits per heavy atom. The molecule has 0 amide bonds. The molecule has 1 aromatic carbocycles. The van der Waals surface area contributed by atoms with Crippen LogP contribution in [0.4, 0.5) is 10.1 Å². The third-order valence-electron chi connectivity index (χ3n) is 4.87. The van der Waals surface area contributed by atoms with Gasteiger partial charge in [-0.1, -0.05) is 23.7 Å². The molecule has 4 heterocycles. The van der Waals surface area contributed by atoms with Gasteiger partial charge in [-0.05, 0) is 36.1 Å². The highest BCUT2D eigenvalue weighted by atomic mass is 35.5. The predicted octanol–water partition coefficient (Wildman–Crippen LogP) is 3.92. The number of rotatable bonds is 3. The van der Waals surface area contributed by atoms with Crippen molar-refractivity contribution in [2.45, 2.75) is 13.5 Å². The molecule has 0 spiro atoms. The van der Waals surface area contributed by atoms with Gasteiger partial charge in [0.05, 0.1) is 16.5 Å². The summed E-state index contributed by atoms with van der Waals surface area (Å²) < 4.78 is 17.4. The van der Waals surface area contributed by atoms with Crippen molar-refractivity contribution in [3.05, 3.63) is 74.6 Å². The number of nitrogens with two attached hydrogens (primary N) is 1. The van der Waals surface area contributed by atoms with E-state index in [0.29, 0.717) is 32.8 Å². The highest BCUT2D eigenvalue weighted by Crippen LogP contribution is 2.28. The summed E-state index contributed by atoms with van der Waals surface area (Å²) in [5.74, 6) is -0.217. The van der Waals surface area contributed by atoms with Gasteiger partial charge in [0.25, 0.3) is 5.56 Å². The van der Waals surface area contributed by atoms with Crippen molar-refractivity contribution in [1.82, 2.24) is 24.3 Å². The average molecular weight is 441 g/mol. The quantitative estimate of drug-likeness (QED) is 0.459. The lowest BCUT2D eigenvalue weighted by molar-refractivity contribution is 0.600. The minimum atomic E-state index is -0.527. The van der Waals surface area contributed by atoms with E-state index in [1.165, 1.54) is 26.7 Å². The second-order valence-electron chi connectivity index (χ2n) is 6.77. The number of nitrogen functional groups attached to an aromatic ring is 1. The molecule has 0 atom stereocenters. The van der Waals surface area contributed by atoms with Gasteiger partial charge in [-0.3, -0.25) is 9.36 Å². The molecule has 5 aromatic rings. The number of para-hydroxylation sites is 1. The van der Waals surface area contributed by atoms with E-state index in [-0.39, 0.29) is 22.9 Å². The highest BCUT2D eigenvalue weighted by molar-refractivity contribution is 7.16. The molecule has 0 aliphatic rings. The monoisotopic (exact) mass is 440 g/mol. The molecule has 0 unspecified atom stereocenters. The highest BCUT2D eigenvalue weighted by Gasteiger charge is 2.20. The maximum Gasteiger partial charge on any atom is 0.267 e. The zero-order chi connectivity index (χ0) is 21.0. The van der Waals surface area contributed by atoms with Crippen LogP contribution in [0, 0.1) is 12.7 Å². The van der Waals surface area contributed by atoms with Crippen LogP contribution in [0.15, 0.2) is 46.7 Å². The third-order valence-corrected chi connectivity index (χ3v) is 6.12. The van der Waals surface area contributed by atoms with Crippen LogP contribution < -0.4 is 11.3 Å². The summed E-state index contributed by atoms with van der Waals surface area (Å²) in [5.41, 5.74) is 7.49. The molecule has 0 fully saturated rings. The Morgan fingerprint density at radius 2 is 2.03 bits per heavy atom. The summed E-state index contributed by atoms with van der Waals surface area (Å²) in [4.78, 5) is 22.9. The predicted molar refractivity (Wildman–Crippen MR) is 116 cm³/mol. The minimum Gasteiger partial charge on any atom is -0.398 e. The standard InChI is InChI=1S/C20H14ClFN6OS/c1-10-9-30-19-15(10)20(29)28(13-5-3-2-4-11(13)22)14(25-19)8-27-18-16(17(21)26-27)12(23)6-7-24-18/h2-7,9H,8H2,1H3,(H2,23,24). The summed E-state index contributed by atoms with van der Waals surface area (Å²) in [6.45, 7) is 1.89. The van der Waals surface area contributed by atoms with Crippen LogP contribution in [0.1, 0.15) is 11.4 Å². The molecule has 0 radical (unpaired) electrons. The molecule has 0 saturated carbocycles. The van der Waals surface area contributed by atoms with E-state index in [2.05, 4.69) is 15.1 Å². The molecule has 0 aliphatic heterocycles. The first-order valence-corrected chi connectivity index (χ1v) is 10.2. The van der Waals surface area contributed by atoms with Gasteiger partial charge < -0.3 is 5.73 Å². The van der Waals surface area contributed by atoms with Crippen LogP contribution in [0.2, 0.25) is 5.15 Å². The number of hydrogen-bond donors (Lipinski definition) is 1. The fourth-order valence-electron chi connectivity index (χ4n) is 3.48. The summed E-state index contributed by atoms with van der Waals surface area (Å²) in [7, 11) is 0. The number of thiophene rings is 1. The van der Waals surface area contributed by atoms with Gasteiger partial charge in [0.1, 0.15) is 23.0 Å². The van der Waals surface area contributed by atoms with Crippen molar-refractivity contribution in [2.24, 2.45) is 0 Å². The second kappa shape index (κ2) is 6.89. The van der Waals surface area contributed by atoms with Crippen LogP contribution in [0.5, 0.6) is 0 Å². The van der Waals surface area contributed by atoms with E-state index in [4.69, 9.17) is 17.3 Å². The lowest BCUT2D eigenvalue weighted by atomic mass is 10.2. The van der Waals surface area contributed by atoms with E-state index in [0.717, 1.165) is 5.56 Å². The molecule has 4 aromatic heterocycles. The largest absolute Gasteiger partial charge is 0.398 e. The number of nitrogens with zero attached hydrogens (tertiary/aromatic N) is 5. The van der Waals surface area contributed by atoms with Gasteiger partial charge in [0.15, 0.2) is 10.8 Å². The van der Waals surface area contributed by atoms with Gasteiger partial charge in [0, 0.05) is 11.9 Å². The Balaban J connectivity index is 1.80. The van der Waals surface area contributed by atoms with Crippen LogP contribution >= 0.6 is 22.9 Å². The Hall–Kier alpha value is -3.30. The average Bonchev–Trinajstić information content (AvgIpc) is 3.24. The molecule has 0 bridgehead atoms. The van der Waals surface area contributed by atoms with E-state index in [1.54, 1.807) is 30.5 Å². The molecule has 0 aliphatic carbocycles. The fourth-order valence-corrected chi connectivity index (χ4v) is 4.69. The van der Waals surface area contributed by atoms with E-state index < -0.39 is 5.82 Å². The Labute approximate surface area is 178 Å². The Bertz CT molecular complexity index is 1510. The molecule has 5 rings (SSSR count). The lowest BCUT2D eigenvalue weighted by Gasteiger charge is -2.14. The summed E-state index contributed by atoms with van der Waals surface area (Å²) in [6.07, 6.45) is 1.55. The number of benzene rings is 1. The van der Waals surface area contributed by atoms with Gasteiger partial charge >= 0.3 is 0 Å².